The van der Waals surface area contributed by atoms with Gasteiger partial charge in [-0.25, -0.2) is 4.98 Å². The molecule has 0 atom stereocenters. The van der Waals surface area contributed by atoms with Gasteiger partial charge in [-0.15, -0.1) is 0 Å². The van der Waals surface area contributed by atoms with Crippen LogP contribution >= 0.6 is 11.6 Å². The second-order valence-corrected chi connectivity index (χ2v) is 6.58. The summed E-state index contributed by atoms with van der Waals surface area (Å²) in [5.41, 5.74) is 0.445. The molecule has 10 heteroatoms. The van der Waals surface area contributed by atoms with Crippen molar-refractivity contribution in [2.24, 2.45) is 0 Å². The highest BCUT2D eigenvalue weighted by Gasteiger charge is 2.20. The Morgan fingerprint density at radius 3 is 2.77 bits per heavy atom. The lowest BCUT2D eigenvalue weighted by molar-refractivity contribution is -0.384. The zero-order chi connectivity index (χ0) is 21.3. The number of para-hydroxylation sites is 1. The van der Waals surface area contributed by atoms with Crippen molar-refractivity contribution < 1.29 is 9.72 Å². The van der Waals surface area contributed by atoms with Crippen molar-refractivity contribution in [3.8, 4) is 11.9 Å². The maximum absolute atomic E-state index is 12.7. The lowest BCUT2D eigenvalue weighted by Gasteiger charge is -2.10. The summed E-state index contributed by atoms with van der Waals surface area (Å²) in [7, 11) is 0. The highest BCUT2D eigenvalue weighted by molar-refractivity contribution is 6.32. The molecule has 146 valence electrons. The number of fused-ring (bicyclic) bond motifs is 1. The average molecular weight is 419 g/mol. The number of aromatic nitrogens is 3. The number of halogens is 1. The number of benzene rings is 2. The third-order valence-corrected chi connectivity index (χ3v) is 4.65. The predicted octanol–water partition coefficient (Wildman–Crippen LogP) is 4.11. The normalized spacial score (nSPS) is 10.5. The number of rotatable bonds is 4. The van der Waals surface area contributed by atoms with Crippen LogP contribution in [0.4, 0.5) is 11.5 Å². The van der Waals surface area contributed by atoms with Crippen LogP contribution in [0.25, 0.3) is 16.7 Å². The summed E-state index contributed by atoms with van der Waals surface area (Å²) in [6, 6.07) is 16.7. The third-order valence-electron chi connectivity index (χ3n) is 4.33. The first-order valence-electron chi connectivity index (χ1n) is 8.57. The molecular weight excluding hydrogens is 408 g/mol. The molecule has 0 aliphatic carbocycles. The van der Waals surface area contributed by atoms with E-state index in [9.17, 15) is 20.2 Å². The maximum Gasteiger partial charge on any atom is 0.288 e. The van der Waals surface area contributed by atoms with Crippen LogP contribution in [-0.2, 0) is 0 Å². The molecule has 1 N–H and O–H groups in total. The number of carbonyl (C=O) groups excluding carboxylic acids is 1. The van der Waals surface area contributed by atoms with Gasteiger partial charge >= 0.3 is 0 Å². The first kappa shape index (κ1) is 19.0. The van der Waals surface area contributed by atoms with E-state index >= 15 is 0 Å². The standard InChI is InChI=1S/C20H11ClN6O3/c21-15-7-5-13(9-17(15)27(29)30)20(28)25-19-14(10-22)11-23-26(19)18-8-6-12-3-1-2-4-16(12)24-18/h1-9,11H,(H,25,28). The van der Waals surface area contributed by atoms with Crippen LogP contribution in [0, 0.1) is 21.4 Å². The van der Waals surface area contributed by atoms with E-state index in [1.54, 1.807) is 6.07 Å². The Morgan fingerprint density at radius 1 is 1.20 bits per heavy atom. The Kier molecular flexibility index (Phi) is 4.83. The van der Waals surface area contributed by atoms with E-state index in [0.717, 1.165) is 17.0 Å². The van der Waals surface area contributed by atoms with Crippen LogP contribution in [0.3, 0.4) is 0 Å². The minimum Gasteiger partial charge on any atom is -0.305 e. The van der Waals surface area contributed by atoms with Gasteiger partial charge in [-0.3, -0.25) is 14.9 Å². The zero-order valence-corrected chi connectivity index (χ0v) is 15.9. The molecule has 0 fully saturated rings. The van der Waals surface area contributed by atoms with Gasteiger partial charge in [-0.05, 0) is 30.3 Å². The molecule has 2 aromatic heterocycles. The number of carbonyl (C=O) groups is 1. The Labute approximate surface area is 174 Å². The molecule has 0 unspecified atom stereocenters. The molecular formula is C20H11ClN6O3. The van der Waals surface area contributed by atoms with Crippen molar-refractivity contribution in [3.05, 3.63) is 87.1 Å². The summed E-state index contributed by atoms with van der Waals surface area (Å²) >= 11 is 5.80. The average Bonchev–Trinajstić information content (AvgIpc) is 3.15. The first-order chi connectivity index (χ1) is 14.5. The van der Waals surface area contributed by atoms with Crippen LogP contribution in [-0.4, -0.2) is 25.6 Å². The number of pyridine rings is 1. The lowest BCUT2D eigenvalue weighted by atomic mass is 10.2. The SMILES string of the molecule is N#Cc1cnn(-c2ccc3ccccc3n2)c1NC(=O)c1ccc(Cl)c([N+](=O)[O-])c1. The van der Waals surface area contributed by atoms with E-state index in [1.807, 2.05) is 36.4 Å². The lowest BCUT2D eigenvalue weighted by Crippen LogP contribution is -2.16. The zero-order valence-electron chi connectivity index (χ0n) is 15.1. The molecule has 0 saturated carbocycles. The second-order valence-electron chi connectivity index (χ2n) is 6.17. The smallest absolute Gasteiger partial charge is 0.288 e. The number of hydrogen-bond acceptors (Lipinski definition) is 6. The topological polar surface area (TPSA) is 127 Å². The van der Waals surface area contributed by atoms with Crippen LogP contribution in [0.15, 0.2) is 60.8 Å². The van der Waals surface area contributed by atoms with Crippen molar-refractivity contribution >= 4 is 39.9 Å². The van der Waals surface area contributed by atoms with Crippen molar-refractivity contribution in [3.63, 3.8) is 0 Å². The molecule has 0 radical (unpaired) electrons. The molecule has 1 amide bonds. The predicted molar refractivity (Wildman–Crippen MR) is 110 cm³/mol. The Bertz CT molecular complexity index is 1360. The molecule has 0 bridgehead atoms. The number of amides is 1. The number of nitro groups is 1. The van der Waals surface area contributed by atoms with E-state index in [0.29, 0.717) is 5.82 Å². The fraction of sp³-hybridized carbons (Fsp3) is 0. The van der Waals surface area contributed by atoms with E-state index in [2.05, 4.69) is 15.4 Å². The molecule has 4 aromatic rings. The van der Waals surface area contributed by atoms with E-state index in [4.69, 9.17) is 11.6 Å². The highest BCUT2D eigenvalue weighted by Crippen LogP contribution is 2.26. The van der Waals surface area contributed by atoms with Gasteiger partial charge in [0.1, 0.15) is 16.7 Å². The van der Waals surface area contributed by atoms with Gasteiger partial charge in [0.2, 0.25) is 0 Å². The summed E-state index contributed by atoms with van der Waals surface area (Å²) in [4.78, 5) is 27.6. The number of nitro benzene ring substituents is 1. The molecule has 2 heterocycles. The molecule has 30 heavy (non-hydrogen) atoms. The molecule has 0 saturated heterocycles. The monoisotopic (exact) mass is 418 g/mol. The maximum atomic E-state index is 12.7. The first-order valence-corrected chi connectivity index (χ1v) is 8.95. The van der Waals surface area contributed by atoms with Crippen LogP contribution in [0.2, 0.25) is 5.02 Å². The van der Waals surface area contributed by atoms with Crippen molar-refractivity contribution in [1.82, 2.24) is 14.8 Å². The number of hydrogen-bond donors (Lipinski definition) is 1. The third kappa shape index (κ3) is 3.43. The quantitative estimate of drug-likeness (QED) is 0.392. The number of nitrogens with one attached hydrogen (secondary N) is 1. The van der Waals surface area contributed by atoms with Crippen molar-refractivity contribution in [2.75, 3.05) is 5.32 Å². The number of anilines is 1. The molecule has 0 aliphatic heterocycles. The van der Waals surface area contributed by atoms with Gasteiger partial charge in [0.05, 0.1) is 16.6 Å². The van der Waals surface area contributed by atoms with E-state index in [1.165, 1.54) is 23.0 Å². The van der Waals surface area contributed by atoms with Gasteiger partial charge in [0, 0.05) is 17.0 Å². The van der Waals surface area contributed by atoms with Crippen molar-refractivity contribution in [1.29, 1.82) is 5.26 Å². The minimum atomic E-state index is -0.678. The number of nitriles is 1. The number of nitrogens with zero attached hydrogens (tertiary/aromatic N) is 5. The Morgan fingerprint density at radius 2 is 2.00 bits per heavy atom. The van der Waals surface area contributed by atoms with Gasteiger partial charge in [-0.1, -0.05) is 29.8 Å². The fourth-order valence-electron chi connectivity index (χ4n) is 2.87. The fourth-order valence-corrected chi connectivity index (χ4v) is 3.06. The largest absolute Gasteiger partial charge is 0.305 e. The van der Waals surface area contributed by atoms with Gasteiger partial charge in [0.15, 0.2) is 11.6 Å². The van der Waals surface area contributed by atoms with E-state index < -0.39 is 16.5 Å². The summed E-state index contributed by atoms with van der Waals surface area (Å²) in [5.74, 6) is -0.163. The summed E-state index contributed by atoms with van der Waals surface area (Å²) in [5, 5.41) is 28.1. The van der Waals surface area contributed by atoms with Gasteiger partial charge in [0.25, 0.3) is 11.6 Å². The molecule has 4 rings (SSSR count). The van der Waals surface area contributed by atoms with Crippen LogP contribution in [0.5, 0.6) is 0 Å². The molecule has 0 spiro atoms. The van der Waals surface area contributed by atoms with E-state index in [-0.39, 0.29) is 22.0 Å². The van der Waals surface area contributed by atoms with Gasteiger partial charge in [-0.2, -0.15) is 15.0 Å². The second kappa shape index (κ2) is 7.62. The summed E-state index contributed by atoms with van der Waals surface area (Å²) in [6.07, 6.45) is 1.30. The molecule has 2 aromatic carbocycles. The molecule has 9 nitrogen and oxygen atoms in total. The Balaban J connectivity index is 1.73. The highest BCUT2D eigenvalue weighted by atomic mass is 35.5. The van der Waals surface area contributed by atoms with Crippen LogP contribution < -0.4 is 5.32 Å². The summed E-state index contributed by atoms with van der Waals surface area (Å²) in [6.45, 7) is 0. The van der Waals surface area contributed by atoms with Crippen LogP contribution in [0.1, 0.15) is 15.9 Å². The summed E-state index contributed by atoms with van der Waals surface area (Å²) < 4.78 is 1.33. The van der Waals surface area contributed by atoms with Gasteiger partial charge < -0.3 is 5.32 Å². The molecule has 0 aliphatic rings. The minimum absolute atomic E-state index is 0.00853. The van der Waals surface area contributed by atoms with Crippen molar-refractivity contribution in [2.45, 2.75) is 0 Å². The Hall–Kier alpha value is -4.29.